The molecule has 0 saturated carbocycles. The molecule has 0 bridgehead atoms. The Morgan fingerprint density at radius 2 is 1.23 bits per heavy atom. The van der Waals surface area contributed by atoms with Crippen LogP contribution in [0.5, 0.6) is 0 Å². The van der Waals surface area contributed by atoms with Gasteiger partial charge in [-0.3, -0.25) is 14.8 Å². The first-order valence-electron chi connectivity index (χ1n) is 17.2. The number of aryl methyl sites for hydroxylation is 1. The summed E-state index contributed by atoms with van der Waals surface area (Å²) in [5.41, 5.74) is 4.27. The van der Waals surface area contributed by atoms with Gasteiger partial charge in [-0.05, 0) is 83.9 Å². The van der Waals surface area contributed by atoms with Gasteiger partial charge in [-0.2, -0.15) is 0 Å². The number of aromatic nitrogens is 2. The van der Waals surface area contributed by atoms with E-state index in [4.69, 9.17) is 19.5 Å². The molecule has 256 valence electrons. The minimum absolute atomic E-state index is 0.0203. The number of benzene rings is 2. The number of carbonyl (C=O) groups is 2. The van der Waals surface area contributed by atoms with Crippen molar-refractivity contribution in [3.8, 4) is 22.4 Å². The van der Waals surface area contributed by atoms with Crippen molar-refractivity contribution in [3.05, 3.63) is 66.1 Å². The van der Waals surface area contributed by atoms with E-state index >= 15 is 0 Å². The van der Waals surface area contributed by atoms with Crippen LogP contribution in [0.25, 0.3) is 22.4 Å². The summed E-state index contributed by atoms with van der Waals surface area (Å²) >= 11 is 0. The third-order valence-corrected chi connectivity index (χ3v) is 9.21. The van der Waals surface area contributed by atoms with Crippen molar-refractivity contribution < 1.29 is 19.1 Å². The van der Waals surface area contributed by atoms with Crippen LogP contribution in [0.2, 0.25) is 0 Å². The Balaban J connectivity index is 1.13. The van der Waals surface area contributed by atoms with Gasteiger partial charge in [0.2, 0.25) is 0 Å². The second kappa shape index (κ2) is 12.9. The molecule has 2 fully saturated rings. The van der Waals surface area contributed by atoms with Crippen molar-refractivity contribution in [2.24, 2.45) is 12.0 Å². The molecule has 2 aromatic carbocycles. The zero-order valence-electron chi connectivity index (χ0n) is 29.7. The first-order valence-corrected chi connectivity index (χ1v) is 17.2. The third kappa shape index (κ3) is 7.22. The first-order chi connectivity index (χ1) is 22.7. The van der Waals surface area contributed by atoms with Gasteiger partial charge < -0.3 is 18.9 Å². The highest BCUT2D eigenvalue weighted by molar-refractivity contribution is 5.92. The van der Waals surface area contributed by atoms with Crippen LogP contribution < -0.4 is 0 Å². The van der Waals surface area contributed by atoms with E-state index in [1.54, 1.807) is 0 Å². The molecule has 0 N–H and O–H groups in total. The van der Waals surface area contributed by atoms with Crippen molar-refractivity contribution in [3.63, 3.8) is 0 Å². The number of likely N-dealkylation sites (N-methyl/N-ethyl adjacent to an activating group) is 1. The van der Waals surface area contributed by atoms with Gasteiger partial charge >= 0.3 is 12.2 Å². The van der Waals surface area contributed by atoms with Gasteiger partial charge in [0, 0.05) is 45.5 Å². The normalized spacial score (nSPS) is 21.5. The number of imidazole rings is 1. The molecule has 1 aromatic heterocycles. The molecule has 3 aromatic rings. The second-order valence-electron chi connectivity index (χ2n) is 15.3. The molecule has 0 aliphatic carbocycles. The first kappa shape index (κ1) is 33.6. The molecule has 2 saturated heterocycles. The van der Waals surface area contributed by atoms with Crippen LogP contribution in [-0.4, -0.2) is 86.2 Å². The molecular formula is C38H50N6O4. The Hall–Kier alpha value is -4.34. The van der Waals surface area contributed by atoms with Crippen LogP contribution >= 0.6 is 0 Å². The summed E-state index contributed by atoms with van der Waals surface area (Å²) in [6.45, 7) is 13.5. The van der Waals surface area contributed by atoms with Crippen LogP contribution in [0.15, 0.2) is 59.7 Å². The topological polar surface area (TPSA) is 92.5 Å². The van der Waals surface area contributed by atoms with E-state index in [-0.39, 0.29) is 30.3 Å². The Bertz CT molecular complexity index is 1660. The summed E-state index contributed by atoms with van der Waals surface area (Å²) < 4.78 is 13.4. The molecular weight excluding hydrogens is 604 g/mol. The van der Waals surface area contributed by atoms with Crippen molar-refractivity contribution in [2.45, 2.75) is 96.6 Å². The number of ether oxygens (including phenoxy) is 2. The summed E-state index contributed by atoms with van der Waals surface area (Å²) in [6, 6.07) is 17.0. The van der Waals surface area contributed by atoms with Crippen molar-refractivity contribution in [1.82, 2.24) is 24.3 Å². The van der Waals surface area contributed by atoms with Crippen LogP contribution in [0.1, 0.15) is 90.7 Å². The number of amides is 2. The zero-order chi connectivity index (χ0) is 34.4. The Morgan fingerprint density at radius 1 is 0.729 bits per heavy atom. The fourth-order valence-electron chi connectivity index (χ4n) is 6.98. The van der Waals surface area contributed by atoms with Gasteiger partial charge in [-0.1, -0.05) is 48.5 Å². The monoisotopic (exact) mass is 654 g/mol. The maximum Gasteiger partial charge on any atom is 0.410 e. The molecule has 3 aliphatic heterocycles. The van der Waals surface area contributed by atoms with E-state index in [0.717, 1.165) is 71.8 Å². The average Bonchev–Trinajstić information content (AvgIpc) is 3.82. The van der Waals surface area contributed by atoms with Crippen molar-refractivity contribution in [1.29, 1.82) is 0 Å². The van der Waals surface area contributed by atoms with E-state index in [9.17, 15) is 9.59 Å². The lowest BCUT2D eigenvalue weighted by molar-refractivity contribution is 0.0214. The largest absolute Gasteiger partial charge is 0.444 e. The highest BCUT2D eigenvalue weighted by Crippen LogP contribution is 2.35. The maximum atomic E-state index is 12.9. The van der Waals surface area contributed by atoms with Gasteiger partial charge in [0.05, 0.1) is 23.8 Å². The minimum Gasteiger partial charge on any atom is -0.444 e. The summed E-state index contributed by atoms with van der Waals surface area (Å²) in [6.07, 6.45) is 5.14. The lowest BCUT2D eigenvalue weighted by atomic mass is 10.00. The molecule has 1 unspecified atom stereocenters. The number of rotatable bonds is 5. The lowest BCUT2D eigenvalue weighted by Crippen LogP contribution is -2.46. The quantitative estimate of drug-likeness (QED) is 0.281. The number of hydrogen-bond donors (Lipinski definition) is 0. The maximum absolute atomic E-state index is 12.9. The zero-order valence-corrected chi connectivity index (χ0v) is 29.7. The van der Waals surface area contributed by atoms with Crippen LogP contribution in [-0.2, 0) is 16.5 Å². The van der Waals surface area contributed by atoms with E-state index in [1.165, 1.54) is 0 Å². The molecule has 10 nitrogen and oxygen atoms in total. The molecule has 0 radical (unpaired) electrons. The molecule has 6 rings (SSSR count). The molecule has 10 heteroatoms. The van der Waals surface area contributed by atoms with E-state index in [2.05, 4.69) is 60.5 Å². The fourth-order valence-corrected chi connectivity index (χ4v) is 6.98. The number of hydrogen-bond acceptors (Lipinski definition) is 7. The minimum atomic E-state index is -0.536. The number of aliphatic imine (C=N–C) groups is 1. The summed E-state index contributed by atoms with van der Waals surface area (Å²) in [4.78, 5) is 41.8. The SMILES string of the molecule is CN1CC(c2ccc(-c3ccc(-c4cn(C)c([C@@H]5CCCN5C(=O)OC(C)(C)C)n4)cc3)cc2)N=C1[C@@H]1CCCN1C(=O)OC(C)(C)C. The van der Waals surface area contributed by atoms with Gasteiger partial charge in [0.15, 0.2) is 0 Å². The predicted molar refractivity (Wildman–Crippen MR) is 188 cm³/mol. The number of carbonyl (C=O) groups excluding carboxylic acids is 2. The van der Waals surface area contributed by atoms with E-state index in [0.29, 0.717) is 13.1 Å². The molecule has 3 atom stereocenters. The van der Waals surface area contributed by atoms with Gasteiger partial charge in [0.1, 0.15) is 22.9 Å². The smallest absolute Gasteiger partial charge is 0.410 e. The summed E-state index contributed by atoms with van der Waals surface area (Å²) in [5.74, 6) is 1.84. The summed E-state index contributed by atoms with van der Waals surface area (Å²) in [5, 5.41) is 0. The molecule has 4 heterocycles. The standard InChI is InChI=1S/C38H50N6O4/c1-37(2,3)47-35(45)43-21-9-11-31(43)33-39-29(23-41(33)7)27-17-13-25(14-18-27)26-15-19-28(20-16-26)30-24-42(8)34(40-30)32-12-10-22-44(32)36(46)48-38(4,5)6/h13-20,23,30-32H,9-12,21-22,24H2,1-8H3/t30?,31-,32-/m0/s1. The Morgan fingerprint density at radius 3 is 1.79 bits per heavy atom. The van der Waals surface area contributed by atoms with Gasteiger partial charge in [-0.15, -0.1) is 0 Å². The van der Waals surface area contributed by atoms with Crippen molar-refractivity contribution >= 4 is 18.0 Å². The molecule has 2 amide bonds. The predicted octanol–water partition coefficient (Wildman–Crippen LogP) is 7.61. The Kier molecular flexibility index (Phi) is 9.04. The van der Waals surface area contributed by atoms with Crippen molar-refractivity contribution in [2.75, 3.05) is 26.7 Å². The van der Waals surface area contributed by atoms with Crippen LogP contribution in [0.4, 0.5) is 9.59 Å². The number of likely N-dealkylation sites (tertiary alicyclic amines) is 2. The third-order valence-electron chi connectivity index (χ3n) is 9.21. The van der Waals surface area contributed by atoms with Crippen LogP contribution in [0.3, 0.4) is 0 Å². The highest BCUT2D eigenvalue weighted by atomic mass is 16.6. The van der Waals surface area contributed by atoms with Crippen LogP contribution in [0, 0.1) is 0 Å². The van der Waals surface area contributed by atoms with E-state index < -0.39 is 11.2 Å². The van der Waals surface area contributed by atoms with Gasteiger partial charge in [-0.25, -0.2) is 14.6 Å². The van der Waals surface area contributed by atoms with E-state index in [1.807, 2.05) is 69.2 Å². The lowest BCUT2D eigenvalue weighted by Gasteiger charge is -2.30. The fraction of sp³-hybridized carbons (Fsp3) is 0.526. The molecule has 48 heavy (non-hydrogen) atoms. The Labute approximate surface area is 284 Å². The molecule has 3 aliphatic rings. The molecule has 0 spiro atoms. The number of nitrogens with zero attached hydrogens (tertiary/aromatic N) is 6. The average molecular weight is 655 g/mol. The second-order valence-corrected chi connectivity index (χ2v) is 15.3. The summed E-state index contributed by atoms with van der Waals surface area (Å²) in [7, 11) is 4.06. The van der Waals surface area contributed by atoms with Gasteiger partial charge in [0.25, 0.3) is 0 Å². The number of amidine groups is 1. The highest BCUT2D eigenvalue weighted by Gasteiger charge is 2.40.